The molecule has 0 aliphatic rings. The molecule has 6 nitrogen and oxygen atoms in total. The summed E-state index contributed by atoms with van der Waals surface area (Å²) >= 11 is 0. The summed E-state index contributed by atoms with van der Waals surface area (Å²) in [6.45, 7) is -0.395. The number of halogens is 1. The molecule has 0 fully saturated rings. The summed E-state index contributed by atoms with van der Waals surface area (Å²) in [6, 6.07) is 22.0. The topological polar surface area (TPSA) is 73.9 Å². The molecule has 0 radical (unpaired) electrons. The Morgan fingerprint density at radius 1 is 0.800 bits per heavy atom. The number of amides is 1. The third kappa shape index (κ3) is 6.94. The van der Waals surface area contributed by atoms with Crippen LogP contribution in [0.4, 0.5) is 10.1 Å². The lowest BCUT2D eigenvalue weighted by atomic mass is 10.2. The van der Waals surface area contributed by atoms with Crippen molar-refractivity contribution in [2.24, 2.45) is 0 Å². The van der Waals surface area contributed by atoms with Gasteiger partial charge in [-0.05, 0) is 48.0 Å². The molecular weight excluding hydrogens is 389 g/mol. The van der Waals surface area contributed by atoms with Crippen molar-refractivity contribution in [3.63, 3.8) is 0 Å². The van der Waals surface area contributed by atoms with Gasteiger partial charge in [0.1, 0.15) is 23.9 Å². The number of hydrogen-bond acceptors (Lipinski definition) is 5. The van der Waals surface area contributed by atoms with E-state index in [1.54, 1.807) is 24.3 Å². The Labute approximate surface area is 173 Å². The van der Waals surface area contributed by atoms with Crippen molar-refractivity contribution >= 4 is 17.6 Å². The molecular formula is C23H20FNO5. The molecule has 1 N–H and O–H groups in total. The van der Waals surface area contributed by atoms with E-state index < -0.39 is 24.3 Å². The summed E-state index contributed by atoms with van der Waals surface area (Å²) in [6.07, 6.45) is 0. The maximum atomic E-state index is 13.1. The summed E-state index contributed by atoms with van der Waals surface area (Å²) in [5, 5.41) is 2.43. The van der Waals surface area contributed by atoms with E-state index >= 15 is 0 Å². The number of esters is 1. The zero-order valence-corrected chi connectivity index (χ0v) is 16.0. The van der Waals surface area contributed by atoms with E-state index in [0.717, 1.165) is 11.6 Å². The third-order valence-electron chi connectivity index (χ3n) is 3.90. The molecule has 0 saturated heterocycles. The fraction of sp³-hybridized carbons (Fsp3) is 0.130. The second-order valence-corrected chi connectivity index (χ2v) is 6.25. The van der Waals surface area contributed by atoms with Crippen LogP contribution in [0.25, 0.3) is 0 Å². The Kier molecular flexibility index (Phi) is 7.38. The molecule has 0 aliphatic heterocycles. The maximum Gasteiger partial charge on any atom is 0.344 e. The Morgan fingerprint density at radius 2 is 1.50 bits per heavy atom. The highest BCUT2D eigenvalue weighted by atomic mass is 19.1. The minimum absolute atomic E-state index is 0.280. The quantitative estimate of drug-likeness (QED) is 0.542. The number of carbonyl (C=O) groups excluding carboxylic acids is 2. The molecule has 0 aromatic heterocycles. The van der Waals surface area contributed by atoms with E-state index in [2.05, 4.69) is 5.32 Å². The molecule has 1 amide bonds. The van der Waals surface area contributed by atoms with Crippen LogP contribution in [-0.2, 0) is 20.9 Å². The van der Waals surface area contributed by atoms with Crippen LogP contribution < -0.4 is 14.8 Å². The molecule has 0 saturated carbocycles. The van der Waals surface area contributed by atoms with Crippen LogP contribution in [0.15, 0.2) is 78.9 Å². The van der Waals surface area contributed by atoms with Gasteiger partial charge in [0.15, 0.2) is 13.2 Å². The molecule has 0 aliphatic carbocycles. The van der Waals surface area contributed by atoms with Gasteiger partial charge in [0, 0.05) is 5.69 Å². The Morgan fingerprint density at radius 3 is 2.20 bits per heavy atom. The first-order chi connectivity index (χ1) is 14.6. The number of hydrogen-bond donors (Lipinski definition) is 1. The standard InChI is InChI=1S/C23H20FNO5/c24-18-7-4-8-19(13-18)25-22(26)15-30-23(27)16-29-21-11-9-20(10-12-21)28-14-17-5-2-1-3-6-17/h1-13H,14-16H2,(H,25,26). The smallest absolute Gasteiger partial charge is 0.344 e. The Bertz CT molecular complexity index is 976. The van der Waals surface area contributed by atoms with E-state index in [4.69, 9.17) is 14.2 Å². The molecule has 0 bridgehead atoms. The molecule has 7 heteroatoms. The first-order valence-electron chi connectivity index (χ1n) is 9.19. The first-order valence-corrected chi connectivity index (χ1v) is 9.19. The van der Waals surface area contributed by atoms with Crippen molar-refractivity contribution in [1.29, 1.82) is 0 Å². The molecule has 0 unspecified atom stereocenters. The summed E-state index contributed by atoms with van der Waals surface area (Å²) in [5.74, 6) is -0.622. The van der Waals surface area contributed by atoms with Crippen LogP contribution in [-0.4, -0.2) is 25.1 Å². The van der Waals surface area contributed by atoms with Crippen LogP contribution in [0, 0.1) is 5.82 Å². The van der Waals surface area contributed by atoms with Crippen LogP contribution in [0.2, 0.25) is 0 Å². The number of benzene rings is 3. The molecule has 3 aromatic rings. The van der Waals surface area contributed by atoms with Crippen LogP contribution in [0.5, 0.6) is 11.5 Å². The fourth-order valence-electron chi connectivity index (χ4n) is 2.47. The zero-order valence-electron chi connectivity index (χ0n) is 16.0. The second-order valence-electron chi connectivity index (χ2n) is 6.25. The Hall–Kier alpha value is -3.87. The predicted molar refractivity (Wildman–Crippen MR) is 109 cm³/mol. The second kappa shape index (κ2) is 10.6. The van der Waals surface area contributed by atoms with Gasteiger partial charge in [0.25, 0.3) is 5.91 Å². The lowest BCUT2D eigenvalue weighted by Crippen LogP contribution is -2.23. The van der Waals surface area contributed by atoms with E-state index in [-0.39, 0.29) is 12.3 Å². The van der Waals surface area contributed by atoms with Crippen molar-refractivity contribution in [1.82, 2.24) is 0 Å². The van der Waals surface area contributed by atoms with Crippen LogP contribution in [0.3, 0.4) is 0 Å². The van der Waals surface area contributed by atoms with Gasteiger partial charge in [-0.1, -0.05) is 36.4 Å². The lowest BCUT2D eigenvalue weighted by molar-refractivity contribution is -0.149. The fourth-order valence-corrected chi connectivity index (χ4v) is 2.47. The van der Waals surface area contributed by atoms with Gasteiger partial charge in [-0.15, -0.1) is 0 Å². The minimum atomic E-state index is -0.700. The third-order valence-corrected chi connectivity index (χ3v) is 3.90. The van der Waals surface area contributed by atoms with Crippen molar-refractivity contribution in [3.05, 3.63) is 90.2 Å². The average Bonchev–Trinajstić information content (AvgIpc) is 2.76. The first kappa shape index (κ1) is 20.9. The highest BCUT2D eigenvalue weighted by molar-refractivity contribution is 5.92. The van der Waals surface area contributed by atoms with Crippen molar-refractivity contribution in [2.75, 3.05) is 18.5 Å². The zero-order chi connectivity index (χ0) is 21.2. The van der Waals surface area contributed by atoms with Gasteiger partial charge in [0.2, 0.25) is 0 Å². The monoisotopic (exact) mass is 409 g/mol. The normalized spacial score (nSPS) is 10.2. The summed E-state index contributed by atoms with van der Waals surface area (Å²) in [5.41, 5.74) is 1.34. The van der Waals surface area contributed by atoms with E-state index in [0.29, 0.717) is 18.1 Å². The van der Waals surface area contributed by atoms with Gasteiger partial charge < -0.3 is 19.5 Å². The molecule has 30 heavy (non-hydrogen) atoms. The number of ether oxygens (including phenoxy) is 3. The van der Waals surface area contributed by atoms with E-state index in [1.165, 1.54) is 18.2 Å². The maximum absolute atomic E-state index is 13.1. The van der Waals surface area contributed by atoms with Gasteiger partial charge in [-0.2, -0.15) is 0 Å². The Balaban J connectivity index is 1.36. The SMILES string of the molecule is O=C(COC(=O)COc1ccc(OCc2ccccc2)cc1)Nc1cccc(F)c1. The molecule has 0 atom stereocenters. The molecule has 0 spiro atoms. The number of carbonyl (C=O) groups is 2. The number of nitrogens with one attached hydrogen (secondary N) is 1. The molecule has 3 rings (SSSR count). The lowest BCUT2D eigenvalue weighted by Gasteiger charge is -2.09. The minimum Gasteiger partial charge on any atom is -0.489 e. The highest BCUT2D eigenvalue weighted by Crippen LogP contribution is 2.18. The van der Waals surface area contributed by atoms with Gasteiger partial charge in [0.05, 0.1) is 0 Å². The van der Waals surface area contributed by atoms with E-state index in [9.17, 15) is 14.0 Å². The molecule has 154 valence electrons. The number of rotatable bonds is 9. The van der Waals surface area contributed by atoms with Gasteiger partial charge in [-0.25, -0.2) is 9.18 Å². The molecule has 3 aromatic carbocycles. The van der Waals surface area contributed by atoms with Gasteiger partial charge in [-0.3, -0.25) is 4.79 Å². The van der Waals surface area contributed by atoms with Crippen molar-refractivity contribution in [3.8, 4) is 11.5 Å². The van der Waals surface area contributed by atoms with Crippen LogP contribution in [0.1, 0.15) is 5.56 Å². The average molecular weight is 409 g/mol. The van der Waals surface area contributed by atoms with Crippen LogP contribution >= 0.6 is 0 Å². The van der Waals surface area contributed by atoms with Gasteiger partial charge >= 0.3 is 5.97 Å². The van der Waals surface area contributed by atoms with E-state index in [1.807, 2.05) is 30.3 Å². The molecule has 0 heterocycles. The summed E-state index contributed by atoms with van der Waals surface area (Å²) < 4.78 is 28.9. The largest absolute Gasteiger partial charge is 0.489 e. The highest BCUT2D eigenvalue weighted by Gasteiger charge is 2.09. The van der Waals surface area contributed by atoms with Crippen molar-refractivity contribution < 1.29 is 28.2 Å². The van der Waals surface area contributed by atoms with Crippen molar-refractivity contribution in [2.45, 2.75) is 6.61 Å². The predicted octanol–water partition coefficient (Wildman–Crippen LogP) is 3.97. The summed E-state index contributed by atoms with van der Waals surface area (Å²) in [4.78, 5) is 23.5. The summed E-state index contributed by atoms with van der Waals surface area (Å²) in [7, 11) is 0. The number of anilines is 1.